The summed E-state index contributed by atoms with van der Waals surface area (Å²) in [5.74, 6) is -1.75. The van der Waals surface area contributed by atoms with Crippen LogP contribution in [0.5, 0.6) is 0 Å². The van der Waals surface area contributed by atoms with Crippen LogP contribution >= 0.6 is 11.8 Å². The Morgan fingerprint density at radius 2 is 1.60 bits per heavy atom. The Morgan fingerprint density at radius 3 is 2.23 bits per heavy atom. The molecule has 0 bridgehead atoms. The van der Waals surface area contributed by atoms with Crippen LogP contribution in [0.1, 0.15) is 31.8 Å². The van der Waals surface area contributed by atoms with Crippen molar-refractivity contribution in [3.05, 3.63) is 116 Å². The van der Waals surface area contributed by atoms with Crippen molar-refractivity contribution in [2.75, 3.05) is 39.3 Å². The van der Waals surface area contributed by atoms with Crippen LogP contribution in [0.25, 0.3) is 6.08 Å². The minimum atomic E-state index is -1.04. The first-order valence-corrected chi connectivity index (χ1v) is 13.5. The van der Waals surface area contributed by atoms with E-state index < -0.39 is 22.2 Å². The maximum Gasteiger partial charge on any atom is 0.305 e. The Hall–Kier alpha value is -3.93. The molecular formula is C29H27F2N3O5S. The lowest BCUT2D eigenvalue weighted by Crippen LogP contribution is -2.49. The number of aliphatic hydroxyl groups excluding tert-OH is 1. The van der Waals surface area contributed by atoms with Crippen LogP contribution in [-0.4, -0.2) is 70.9 Å². The number of halogens is 2. The van der Waals surface area contributed by atoms with Crippen LogP contribution in [0.15, 0.2) is 71.6 Å². The van der Waals surface area contributed by atoms with E-state index in [9.17, 15) is 28.5 Å². The zero-order valence-corrected chi connectivity index (χ0v) is 22.3. The van der Waals surface area contributed by atoms with Crippen LogP contribution < -0.4 is 0 Å². The number of benzene rings is 3. The summed E-state index contributed by atoms with van der Waals surface area (Å²) in [5, 5.41) is 20.3. The van der Waals surface area contributed by atoms with Gasteiger partial charge in [-0.3, -0.25) is 24.6 Å². The molecule has 208 valence electrons. The predicted octanol–water partition coefficient (Wildman–Crippen LogP) is 4.78. The van der Waals surface area contributed by atoms with Crippen molar-refractivity contribution in [1.82, 2.24) is 9.80 Å². The molecule has 4 rings (SSSR count). The maximum atomic E-state index is 13.9. The zero-order chi connectivity index (χ0) is 28.6. The number of hydrogen-bond donors (Lipinski definition) is 1. The van der Waals surface area contributed by atoms with Gasteiger partial charge in [0.15, 0.2) is 5.78 Å². The number of hydrogen-bond acceptors (Lipinski definition) is 7. The van der Waals surface area contributed by atoms with Crippen molar-refractivity contribution in [1.29, 1.82) is 0 Å². The lowest BCUT2D eigenvalue weighted by Gasteiger charge is -2.34. The molecule has 1 fully saturated rings. The maximum absolute atomic E-state index is 13.9. The molecule has 1 aliphatic heterocycles. The number of nitro groups is 1. The number of piperazine rings is 1. The first-order valence-electron chi connectivity index (χ1n) is 12.6. The quantitative estimate of drug-likeness (QED) is 0.163. The number of β-amino-alcohol motifs (C(OH)–C–C–N with tert-alkyl or cyclic N) is 1. The number of carbonyl (C=O) groups excluding carboxylic acids is 2. The molecule has 0 aromatic heterocycles. The second-order valence-corrected chi connectivity index (χ2v) is 10.2. The Bertz CT molecular complexity index is 1410. The second kappa shape index (κ2) is 13.4. The number of nitrogens with zero attached hydrogens (tertiary/aromatic N) is 3. The van der Waals surface area contributed by atoms with Crippen molar-refractivity contribution in [2.24, 2.45) is 0 Å². The van der Waals surface area contributed by atoms with Gasteiger partial charge in [0.25, 0.3) is 5.91 Å². The van der Waals surface area contributed by atoms with Crippen LogP contribution in [0, 0.1) is 21.7 Å². The summed E-state index contributed by atoms with van der Waals surface area (Å²) >= 11 is 1.16. The highest BCUT2D eigenvalue weighted by Gasteiger charge is 2.23. The number of aliphatic hydroxyl groups is 1. The fourth-order valence-corrected chi connectivity index (χ4v) is 5.21. The van der Waals surface area contributed by atoms with Gasteiger partial charge in [-0.1, -0.05) is 24.3 Å². The van der Waals surface area contributed by atoms with Gasteiger partial charge in [-0.2, -0.15) is 4.39 Å². The molecule has 1 amide bonds. The minimum absolute atomic E-state index is 0.0434. The van der Waals surface area contributed by atoms with Gasteiger partial charge in [0.05, 0.1) is 16.4 Å². The summed E-state index contributed by atoms with van der Waals surface area (Å²) in [4.78, 5) is 40.8. The van der Waals surface area contributed by atoms with E-state index in [-0.39, 0.29) is 28.8 Å². The highest BCUT2D eigenvalue weighted by molar-refractivity contribution is 8.03. The molecular weight excluding hydrogens is 540 g/mol. The van der Waals surface area contributed by atoms with Crippen molar-refractivity contribution in [3.63, 3.8) is 0 Å². The molecule has 1 N–H and O–H groups in total. The molecule has 0 spiro atoms. The molecule has 0 aliphatic carbocycles. The number of Topliss-reactive ketones (excluding diaryl/α,β-unsaturated/α-hetero) is 1. The van der Waals surface area contributed by atoms with Crippen molar-refractivity contribution in [2.45, 2.75) is 5.75 Å². The van der Waals surface area contributed by atoms with Gasteiger partial charge < -0.3 is 10.0 Å². The summed E-state index contributed by atoms with van der Waals surface area (Å²) in [6, 6.07) is 15.5. The molecule has 0 radical (unpaired) electrons. The lowest BCUT2D eigenvalue weighted by molar-refractivity contribution is -0.387. The zero-order valence-electron chi connectivity index (χ0n) is 21.5. The average Bonchev–Trinajstić information content (AvgIpc) is 2.96. The van der Waals surface area contributed by atoms with Gasteiger partial charge in [0, 0.05) is 55.7 Å². The molecule has 8 nitrogen and oxygen atoms in total. The molecule has 0 saturated carbocycles. The summed E-state index contributed by atoms with van der Waals surface area (Å²) < 4.78 is 27.2. The number of ketones is 1. The largest absolute Gasteiger partial charge is 0.395 e. The monoisotopic (exact) mass is 567 g/mol. The standard InChI is InChI=1S/C29H27F2N3O5S/c30-24-8-3-21(4-9-24)19-40-27(28(36)23-7-10-25(31)26(18-23)34(38)39)17-20-1-5-22(6-2-20)29(37)33-13-11-32(12-14-33)15-16-35/h1-10,17-18,35H,11-16,19H2. The molecule has 3 aromatic rings. The molecule has 0 unspecified atom stereocenters. The number of nitro benzene ring substituents is 1. The molecule has 1 heterocycles. The van der Waals surface area contributed by atoms with Gasteiger partial charge in [0.2, 0.25) is 5.82 Å². The predicted molar refractivity (Wildman–Crippen MR) is 149 cm³/mol. The van der Waals surface area contributed by atoms with Gasteiger partial charge in [-0.05, 0) is 53.6 Å². The first-order chi connectivity index (χ1) is 19.2. The van der Waals surface area contributed by atoms with E-state index in [2.05, 4.69) is 4.90 Å². The van der Waals surface area contributed by atoms with E-state index in [1.807, 2.05) is 0 Å². The van der Waals surface area contributed by atoms with E-state index in [1.165, 1.54) is 18.2 Å². The normalized spacial score (nSPS) is 14.3. The Balaban J connectivity index is 1.55. The number of carbonyl (C=O) groups is 2. The lowest BCUT2D eigenvalue weighted by atomic mass is 10.1. The Kier molecular flexibility index (Phi) is 9.75. The van der Waals surface area contributed by atoms with Crippen LogP contribution in [0.4, 0.5) is 14.5 Å². The summed E-state index contributed by atoms with van der Waals surface area (Å²) in [5.41, 5.74) is 1.03. The fourth-order valence-electron chi connectivity index (χ4n) is 4.22. The molecule has 3 aromatic carbocycles. The first kappa shape index (κ1) is 29.1. The van der Waals surface area contributed by atoms with Gasteiger partial charge in [0.1, 0.15) is 5.82 Å². The Morgan fingerprint density at radius 1 is 0.950 bits per heavy atom. The van der Waals surface area contributed by atoms with E-state index >= 15 is 0 Å². The van der Waals surface area contributed by atoms with Crippen molar-refractivity contribution < 1.29 is 28.4 Å². The SMILES string of the molecule is O=C(C(=Cc1ccc(C(=O)N2CCN(CCO)CC2)cc1)SCc1ccc(F)cc1)c1ccc(F)c([N+](=O)[O-])c1. The van der Waals surface area contributed by atoms with E-state index in [0.717, 1.165) is 29.5 Å². The van der Waals surface area contributed by atoms with Crippen LogP contribution in [-0.2, 0) is 5.75 Å². The third kappa shape index (κ3) is 7.38. The smallest absolute Gasteiger partial charge is 0.305 e. The highest BCUT2D eigenvalue weighted by atomic mass is 32.2. The van der Waals surface area contributed by atoms with Crippen molar-refractivity contribution in [3.8, 4) is 0 Å². The summed E-state index contributed by atoms with van der Waals surface area (Å²) in [6.45, 7) is 3.14. The van der Waals surface area contributed by atoms with Gasteiger partial charge >= 0.3 is 5.69 Å². The van der Waals surface area contributed by atoms with Crippen LogP contribution in [0.3, 0.4) is 0 Å². The third-order valence-electron chi connectivity index (χ3n) is 6.47. The minimum Gasteiger partial charge on any atom is -0.395 e. The molecule has 1 aliphatic rings. The van der Waals surface area contributed by atoms with Crippen LogP contribution in [0.2, 0.25) is 0 Å². The highest BCUT2D eigenvalue weighted by Crippen LogP contribution is 2.29. The molecule has 0 atom stereocenters. The molecule has 40 heavy (non-hydrogen) atoms. The van der Waals surface area contributed by atoms with E-state index in [1.54, 1.807) is 47.4 Å². The fraction of sp³-hybridized carbons (Fsp3) is 0.241. The average molecular weight is 568 g/mol. The molecule has 11 heteroatoms. The second-order valence-electron chi connectivity index (χ2n) is 9.16. The topological polar surface area (TPSA) is 104 Å². The summed E-state index contributed by atoms with van der Waals surface area (Å²) in [7, 11) is 0. The number of thioether (sulfide) groups is 1. The van der Waals surface area contributed by atoms with E-state index in [0.29, 0.717) is 49.6 Å². The third-order valence-corrected chi connectivity index (χ3v) is 7.56. The van der Waals surface area contributed by atoms with Crippen molar-refractivity contribution >= 4 is 35.2 Å². The number of amides is 1. The Labute approximate surface area is 234 Å². The van der Waals surface area contributed by atoms with Gasteiger partial charge in [-0.15, -0.1) is 11.8 Å². The van der Waals surface area contributed by atoms with Gasteiger partial charge in [-0.25, -0.2) is 4.39 Å². The molecule has 1 saturated heterocycles. The van der Waals surface area contributed by atoms with E-state index in [4.69, 9.17) is 5.11 Å². The summed E-state index contributed by atoms with van der Waals surface area (Å²) in [6.07, 6.45) is 1.60. The number of allylic oxidation sites excluding steroid dienone is 1. The number of rotatable bonds is 10.